The Morgan fingerprint density at radius 3 is 1.62 bits per heavy atom. The van der Waals surface area contributed by atoms with Gasteiger partial charge in [-0.05, 0) is 66.0 Å². The van der Waals surface area contributed by atoms with E-state index >= 15 is 0 Å². The van der Waals surface area contributed by atoms with Crippen LogP contribution in [-0.2, 0) is 0 Å². The van der Waals surface area contributed by atoms with Crippen molar-refractivity contribution in [2.24, 2.45) is 5.92 Å². The quantitative estimate of drug-likeness (QED) is 0.334. The van der Waals surface area contributed by atoms with E-state index in [0.717, 1.165) is 12.8 Å². The Morgan fingerprint density at radius 1 is 0.719 bits per heavy atom. The summed E-state index contributed by atoms with van der Waals surface area (Å²) >= 11 is 0. The Morgan fingerprint density at radius 2 is 1.19 bits per heavy atom. The van der Waals surface area contributed by atoms with Gasteiger partial charge in [0.05, 0.1) is 0 Å². The molecule has 166 valence electrons. The Kier molecular flexibility index (Phi) is 11.0. The summed E-state index contributed by atoms with van der Waals surface area (Å²) in [7, 11) is 0. The molecule has 0 bridgehead atoms. The molecule has 32 heavy (non-hydrogen) atoms. The molecule has 0 amide bonds. The molecule has 0 aliphatic heterocycles. The highest BCUT2D eigenvalue weighted by Crippen LogP contribution is 2.19. The summed E-state index contributed by atoms with van der Waals surface area (Å²) < 4.78 is 0. The van der Waals surface area contributed by atoms with Gasteiger partial charge in [0, 0.05) is 0 Å². The molecule has 0 atom stereocenters. The largest absolute Gasteiger partial charge is 0.0813 e. The standard InChI is InChI=1S/C32H38/c1-6-15-29(18-13-16-27(4)31-20-9-7-10-21-31)25-30(24-26(2)3)19-14-17-28(5)32-22-11-8-12-23-32/h7-24,26H,6,25H2,1-5H3/b18-13-,19-14-,27-16+,28-17+,29-15+,30-24-. The van der Waals surface area contributed by atoms with Crippen LogP contribution in [0, 0.1) is 5.92 Å². The molecule has 2 aromatic rings. The van der Waals surface area contributed by atoms with Gasteiger partial charge in [-0.1, -0.05) is 130 Å². The maximum atomic E-state index is 2.37. The lowest BCUT2D eigenvalue weighted by Crippen LogP contribution is -1.88. The van der Waals surface area contributed by atoms with Crippen molar-refractivity contribution in [1.29, 1.82) is 0 Å². The van der Waals surface area contributed by atoms with Gasteiger partial charge < -0.3 is 0 Å². The monoisotopic (exact) mass is 422 g/mol. The summed E-state index contributed by atoms with van der Waals surface area (Å²) in [6, 6.07) is 21.1. The van der Waals surface area contributed by atoms with Crippen molar-refractivity contribution in [3.05, 3.63) is 132 Å². The van der Waals surface area contributed by atoms with E-state index in [9.17, 15) is 0 Å². The van der Waals surface area contributed by atoms with Crippen molar-refractivity contribution in [2.45, 2.75) is 47.5 Å². The van der Waals surface area contributed by atoms with Crippen LogP contribution >= 0.6 is 0 Å². The molecular formula is C32H38. The maximum absolute atomic E-state index is 2.37. The summed E-state index contributed by atoms with van der Waals surface area (Å²) in [4.78, 5) is 0. The van der Waals surface area contributed by atoms with Crippen LogP contribution < -0.4 is 0 Å². The molecule has 0 aromatic heterocycles. The Labute approximate surface area is 196 Å². The van der Waals surface area contributed by atoms with Crippen molar-refractivity contribution in [3.8, 4) is 0 Å². The number of rotatable bonds is 10. The van der Waals surface area contributed by atoms with E-state index in [1.165, 1.54) is 33.4 Å². The van der Waals surface area contributed by atoms with Gasteiger partial charge in [0.15, 0.2) is 0 Å². The van der Waals surface area contributed by atoms with Crippen LogP contribution in [0.4, 0.5) is 0 Å². The summed E-state index contributed by atoms with van der Waals surface area (Å²) in [5, 5.41) is 0. The highest BCUT2D eigenvalue weighted by atomic mass is 14.1. The first kappa shape index (κ1) is 25.1. The van der Waals surface area contributed by atoms with E-state index in [2.05, 4.69) is 144 Å². The molecule has 0 heterocycles. The first-order chi connectivity index (χ1) is 15.5. The van der Waals surface area contributed by atoms with Crippen molar-refractivity contribution >= 4 is 11.1 Å². The lowest BCUT2D eigenvalue weighted by molar-refractivity contribution is 0.820. The molecule has 0 N–H and O–H groups in total. The second-order valence-electron chi connectivity index (χ2n) is 8.50. The van der Waals surface area contributed by atoms with Crippen LogP contribution in [-0.4, -0.2) is 0 Å². The van der Waals surface area contributed by atoms with Gasteiger partial charge in [-0.15, -0.1) is 0 Å². The van der Waals surface area contributed by atoms with Crippen LogP contribution in [0.15, 0.2) is 120 Å². The van der Waals surface area contributed by atoms with Gasteiger partial charge in [-0.25, -0.2) is 0 Å². The number of allylic oxidation sites excluding steroid dienone is 12. The molecule has 0 fully saturated rings. The predicted octanol–water partition coefficient (Wildman–Crippen LogP) is 9.61. The maximum Gasteiger partial charge on any atom is -0.00320 e. The molecule has 0 saturated carbocycles. The number of hydrogen-bond donors (Lipinski definition) is 0. The van der Waals surface area contributed by atoms with Crippen molar-refractivity contribution in [1.82, 2.24) is 0 Å². The van der Waals surface area contributed by atoms with Crippen LogP contribution in [0.2, 0.25) is 0 Å². The average molecular weight is 423 g/mol. The van der Waals surface area contributed by atoms with E-state index in [1.54, 1.807) is 0 Å². The fourth-order valence-corrected chi connectivity index (χ4v) is 3.53. The Balaban J connectivity index is 2.15. The molecule has 0 unspecified atom stereocenters. The Hall–Kier alpha value is -3.12. The van der Waals surface area contributed by atoms with Crippen molar-refractivity contribution in [2.75, 3.05) is 0 Å². The summed E-state index contributed by atoms with van der Waals surface area (Å²) in [5.74, 6) is 0.515. The smallest absolute Gasteiger partial charge is 0.00320 e. The second kappa shape index (κ2) is 14.0. The fraction of sp³-hybridized carbons (Fsp3) is 0.250. The first-order valence-electron chi connectivity index (χ1n) is 11.7. The van der Waals surface area contributed by atoms with E-state index in [-0.39, 0.29) is 0 Å². The minimum Gasteiger partial charge on any atom is -0.0813 e. The fourth-order valence-electron chi connectivity index (χ4n) is 3.53. The second-order valence-corrected chi connectivity index (χ2v) is 8.50. The molecule has 0 aliphatic rings. The highest BCUT2D eigenvalue weighted by molar-refractivity contribution is 5.66. The lowest BCUT2D eigenvalue weighted by Gasteiger charge is -2.07. The molecule has 2 aromatic carbocycles. The Bertz CT molecular complexity index is 991. The van der Waals surface area contributed by atoms with E-state index in [4.69, 9.17) is 0 Å². The molecule has 0 radical (unpaired) electrons. The lowest BCUT2D eigenvalue weighted by atomic mass is 9.99. The molecule has 0 nitrogen and oxygen atoms in total. The zero-order valence-electron chi connectivity index (χ0n) is 20.4. The van der Waals surface area contributed by atoms with Gasteiger partial charge in [0.25, 0.3) is 0 Å². The van der Waals surface area contributed by atoms with Crippen LogP contribution in [0.3, 0.4) is 0 Å². The summed E-state index contributed by atoms with van der Waals surface area (Å²) in [6.45, 7) is 11.0. The molecular weight excluding hydrogens is 384 g/mol. The zero-order valence-corrected chi connectivity index (χ0v) is 20.4. The average Bonchev–Trinajstić information content (AvgIpc) is 2.79. The van der Waals surface area contributed by atoms with Crippen molar-refractivity contribution in [3.63, 3.8) is 0 Å². The van der Waals surface area contributed by atoms with Gasteiger partial charge in [0.2, 0.25) is 0 Å². The molecule has 0 aliphatic carbocycles. The summed E-state index contributed by atoms with van der Waals surface area (Å²) in [6.07, 6.45) is 19.9. The normalized spacial score (nSPS) is 14.2. The third-order valence-corrected chi connectivity index (χ3v) is 5.19. The SMILES string of the molecule is CC\C=C(/C=C\C=C(/C)c1ccccc1)CC(/C=C\C=C(/C)c1ccccc1)=C\C(C)C. The van der Waals surface area contributed by atoms with Gasteiger partial charge in [-0.2, -0.15) is 0 Å². The van der Waals surface area contributed by atoms with Crippen LogP contribution in [0.5, 0.6) is 0 Å². The summed E-state index contributed by atoms with van der Waals surface area (Å²) in [5.41, 5.74) is 7.78. The highest BCUT2D eigenvalue weighted by Gasteiger charge is 2.00. The van der Waals surface area contributed by atoms with Gasteiger partial charge in [-0.3, -0.25) is 0 Å². The molecule has 0 saturated heterocycles. The van der Waals surface area contributed by atoms with E-state index in [0.29, 0.717) is 5.92 Å². The minimum absolute atomic E-state index is 0.515. The van der Waals surface area contributed by atoms with Crippen molar-refractivity contribution < 1.29 is 0 Å². The van der Waals surface area contributed by atoms with Gasteiger partial charge >= 0.3 is 0 Å². The van der Waals surface area contributed by atoms with E-state index in [1.807, 2.05) is 0 Å². The third-order valence-electron chi connectivity index (χ3n) is 5.19. The number of benzene rings is 2. The molecule has 2 rings (SSSR count). The van der Waals surface area contributed by atoms with E-state index < -0.39 is 0 Å². The van der Waals surface area contributed by atoms with Crippen LogP contribution in [0.25, 0.3) is 11.1 Å². The molecule has 0 spiro atoms. The minimum atomic E-state index is 0.515. The van der Waals surface area contributed by atoms with Gasteiger partial charge in [0.1, 0.15) is 0 Å². The first-order valence-corrected chi connectivity index (χ1v) is 11.7. The topological polar surface area (TPSA) is 0 Å². The third kappa shape index (κ3) is 9.35. The van der Waals surface area contributed by atoms with Crippen LogP contribution in [0.1, 0.15) is 58.6 Å². The zero-order chi connectivity index (χ0) is 23.2. The predicted molar refractivity (Wildman–Crippen MR) is 144 cm³/mol. The number of hydrogen-bond acceptors (Lipinski definition) is 0. The molecule has 0 heteroatoms.